The second-order valence-electron chi connectivity index (χ2n) is 5.21. The summed E-state index contributed by atoms with van der Waals surface area (Å²) < 4.78 is 5.10. The van der Waals surface area contributed by atoms with Gasteiger partial charge in [-0.25, -0.2) is 0 Å². The molecule has 0 aromatic heterocycles. The van der Waals surface area contributed by atoms with Crippen LogP contribution in [0.2, 0.25) is 5.02 Å². The fourth-order valence-corrected chi connectivity index (χ4v) is 2.73. The van der Waals surface area contributed by atoms with Gasteiger partial charge in [0, 0.05) is 11.7 Å². The number of carbonyl (C=O) groups excluding carboxylic acids is 1. The highest BCUT2D eigenvalue weighted by atomic mass is 35.5. The Kier molecular flexibility index (Phi) is 5.12. The lowest BCUT2D eigenvalue weighted by Crippen LogP contribution is -2.42. The molecule has 1 fully saturated rings. The van der Waals surface area contributed by atoms with E-state index in [2.05, 4.69) is 10.6 Å². The van der Waals surface area contributed by atoms with Gasteiger partial charge in [-0.3, -0.25) is 4.79 Å². The SMILES string of the molecule is COc1ccc(NC(C)C(=O)NC2CCCC2)cc1Cl. The molecule has 1 amide bonds. The van der Waals surface area contributed by atoms with Crippen molar-refractivity contribution in [3.8, 4) is 5.75 Å². The Hall–Kier alpha value is -1.42. The molecule has 1 aromatic rings. The molecule has 2 N–H and O–H groups in total. The molecule has 0 heterocycles. The zero-order valence-corrected chi connectivity index (χ0v) is 12.7. The standard InChI is InChI=1S/C15H21ClN2O2/c1-10(15(19)18-11-5-3-4-6-11)17-12-7-8-14(20-2)13(16)9-12/h7-11,17H,3-6H2,1-2H3,(H,18,19). The first-order valence-corrected chi connectivity index (χ1v) is 7.38. The number of nitrogens with one attached hydrogen (secondary N) is 2. The number of hydrogen-bond acceptors (Lipinski definition) is 3. The van der Waals surface area contributed by atoms with Gasteiger partial charge in [-0.15, -0.1) is 0 Å². The number of anilines is 1. The van der Waals surface area contributed by atoms with Crippen molar-refractivity contribution in [3.63, 3.8) is 0 Å². The van der Waals surface area contributed by atoms with Crippen LogP contribution in [0, 0.1) is 0 Å². The van der Waals surface area contributed by atoms with E-state index in [1.807, 2.05) is 13.0 Å². The Morgan fingerprint density at radius 3 is 2.70 bits per heavy atom. The normalized spacial score (nSPS) is 16.8. The Morgan fingerprint density at radius 1 is 1.40 bits per heavy atom. The third-order valence-corrected chi connectivity index (χ3v) is 3.93. The number of ether oxygens (including phenoxy) is 1. The predicted octanol–water partition coefficient (Wildman–Crippen LogP) is 3.21. The average Bonchev–Trinajstić information content (AvgIpc) is 2.91. The number of rotatable bonds is 5. The lowest BCUT2D eigenvalue weighted by atomic mass is 10.2. The number of halogens is 1. The maximum atomic E-state index is 12.1. The zero-order chi connectivity index (χ0) is 14.5. The Morgan fingerprint density at radius 2 is 2.10 bits per heavy atom. The molecule has 0 saturated heterocycles. The number of benzene rings is 1. The fourth-order valence-electron chi connectivity index (χ4n) is 2.47. The monoisotopic (exact) mass is 296 g/mol. The second kappa shape index (κ2) is 6.84. The molecule has 5 heteroatoms. The second-order valence-corrected chi connectivity index (χ2v) is 5.61. The Bertz CT molecular complexity index is 473. The summed E-state index contributed by atoms with van der Waals surface area (Å²) in [6.45, 7) is 1.85. The molecule has 0 bridgehead atoms. The fraction of sp³-hybridized carbons (Fsp3) is 0.533. The highest BCUT2D eigenvalue weighted by Crippen LogP contribution is 2.27. The van der Waals surface area contributed by atoms with E-state index >= 15 is 0 Å². The van der Waals surface area contributed by atoms with Crippen molar-refractivity contribution in [2.24, 2.45) is 0 Å². The van der Waals surface area contributed by atoms with E-state index in [0.717, 1.165) is 18.5 Å². The summed E-state index contributed by atoms with van der Waals surface area (Å²) in [5.41, 5.74) is 0.810. The van der Waals surface area contributed by atoms with E-state index in [1.165, 1.54) is 12.8 Å². The summed E-state index contributed by atoms with van der Waals surface area (Å²) in [6.07, 6.45) is 4.60. The third kappa shape index (κ3) is 3.79. The van der Waals surface area contributed by atoms with Gasteiger partial charge < -0.3 is 15.4 Å². The Balaban J connectivity index is 1.91. The first kappa shape index (κ1) is 15.0. The van der Waals surface area contributed by atoms with E-state index in [4.69, 9.17) is 16.3 Å². The van der Waals surface area contributed by atoms with Gasteiger partial charge in [-0.05, 0) is 38.0 Å². The van der Waals surface area contributed by atoms with Crippen LogP contribution < -0.4 is 15.4 Å². The van der Waals surface area contributed by atoms with Crippen molar-refractivity contribution in [2.75, 3.05) is 12.4 Å². The van der Waals surface area contributed by atoms with Gasteiger partial charge in [0.05, 0.1) is 12.1 Å². The van der Waals surface area contributed by atoms with Crippen LogP contribution in [0.15, 0.2) is 18.2 Å². The number of carbonyl (C=O) groups is 1. The maximum absolute atomic E-state index is 12.1. The largest absolute Gasteiger partial charge is 0.495 e. The molecule has 0 spiro atoms. The van der Waals surface area contributed by atoms with Crippen molar-refractivity contribution in [3.05, 3.63) is 23.2 Å². The highest BCUT2D eigenvalue weighted by Gasteiger charge is 2.20. The topological polar surface area (TPSA) is 50.4 Å². The zero-order valence-electron chi connectivity index (χ0n) is 11.9. The third-order valence-electron chi connectivity index (χ3n) is 3.63. The number of amides is 1. The van der Waals surface area contributed by atoms with Crippen molar-refractivity contribution in [2.45, 2.75) is 44.7 Å². The van der Waals surface area contributed by atoms with Gasteiger partial charge in [0.15, 0.2) is 0 Å². The molecule has 2 rings (SSSR count). The highest BCUT2D eigenvalue weighted by molar-refractivity contribution is 6.32. The van der Waals surface area contributed by atoms with Crippen molar-refractivity contribution in [1.82, 2.24) is 5.32 Å². The van der Waals surface area contributed by atoms with Crippen LogP contribution in [-0.2, 0) is 4.79 Å². The average molecular weight is 297 g/mol. The first-order valence-electron chi connectivity index (χ1n) is 7.00. The molecule has 4 nitrogen and oxygen atoms in total. The minimum absolute atomic E-state index is 0.0313. The van der Waals surface area contributed by atoms with E-state index in [-0.39, 0.29) is 11.9 Å². The van der Waals surface area contributed by atoms with Crippen LogP contribution in [0.1, 0.15) is 32.6 Å². The van der Waals surface area contributed by atoms with E-state index < -0.39 is 0 Å². The van der Waals surface area contributed by atoms with Crippen LogP contribution in [0.3, 0.4) is 0 Å². The molecule has 1 saturated carbocycles. The molecule has 110 valence electrons. The lowest BCUT2D eigenvalue weighted by molar-refractivity contribution is -0.122. The van der Waals surface area contributed by atoms with Crippen molar-refractivity contribution in [1.29, 1.82) is 0 Å². The molecule has 1 atom stereocenters. The summed E-state index contributed by atoms with van der Waals surface area (Å²) in [5.74, 6) is 0.657. The van der Waals surface area contributed by atoms with E-state index in [9.17, 15) is 4.79 Å². The van der Waals surface area contributed by atoms with Crippen molar-refractivity contribution < 1.29 is 9.53 Å². The minimum atomic E-state index is -0.292. The van der Waals surface area contributed by atoms with E-state index in [1.54, 1.807) is 19.2 Å². The molecular formula is C15H21ClN2O2. The number of hydrogen-bond donors (Lipinski definition) is 2. The summed E-state index contributed by atoms with van der Waals surface area (Å²) in [6, 6.07) is 5.45. The van der Waals surface area contributed by atoms with E-state index in [0.29, 0.717) is 16.8 Å². The van der Waals surface area contributed by atoms with Gasteiger partial charge in [0.25, 0.3) is 0 Å². The first-order chi connectivity index (χ1) is 9.60. The van der Waals surface area contributed by atoms with Gasteiger partial charge in [-0.2, -0.15) is 0 Å². The molecule has 1 unspecified atom stereocenters. The van der Waals surface area contributed by atoms with Gasteiger partial charge in [-0.1, -0.05) is 24.4 Å². The van der Waals surface area contributed by atoms with Gasteiger partial charge in [0.2, 0.25) is 5.91 Å². The van der Waals surface area contributed by atoms with Crippen LogP contribution in [0.25, 0.3) is 0 Å². The quantitative estimate of drug-likeness (QED) is 0.877. The molecule has 1 aromatic carbocycles. The van der Waals surface area contributed by atoms with Crippen molar-refractivity contribution >= 4 is 23.2 Å². The summed E-state index contributed by atoms with van der Waals surface area (Å²) in [5, 5.41) is 6.76. The Labute approximate surface area is 124 Å². The summed E-state index contributed by atoms with van der Waals surface area (Å²) >= 11 is 6.06. The molecular weight excluding hydrogens is 276 g/mol. The molecule has 0 radical (unpaired) electrons. The molecule has 0 aliphatic heterocycles. The summed E-state index contributed by atoms with van der Waals surface area (Å²) in [7, 11) is 1.58. The smallest absolute Gasteiger partial charge is 0.242 e. The summed E-state index contributed by atoms with van der Waals surface area (Å²) in [4.78, 5) is 12.1. The van der Waals surface area contributed by atoms with Crippen LogP contribution in [0.5, 0.6) is 5.75 Å². The van der Waals surface area contributed by atoms with Gasteiger partial charge in [0.1, 0.15) is 11.8 Å². The van der Waals surface area contributed by atoms with Crippen LogP contribution >= 0.6 is 11.6 Å². The molecule has 20 heavy (non-hydrogen) atoms. The van der Waals surface area contributed by atoms with Gasteiger partial charge >= 0.3 is 0 Å². The lowest BCUT2D eigenvalue weighted by Gasteiger charge is -2.19. The molecule has 1 aliphatic rings. The predicted molar refractivity (Wildman–Crippen MR) is 81.5 cm³/mol. The maximum Gasteiger partial charge on any atom is 0.242 e. The number of methoxy groups -OCH3 is 1. The van der Waals surface area contributed by atoms with Crippen LogP contribution in [0.4, 0.5) is 5.69 Å². The minimum Gasteiger partial charge on any atom is -0.495 e. The molecule has 1 aliphatic carbocycles. The van der Waals surface area contributed by atoms with Crippen LogP contribution in [-0.4, -0.2) is 25.1 Å².